The predicted molar refractivity (Wildman–Crippen MR) is 89.3 cm³/mol. The third-order valence-electron chi connectivity index (χ3n) is 3.71. The normalized spacial score (nSPS) is 12.1. The number of amides is 1. The first kappa shape index (κ1) is 16.3. The van der Waals surface area contributed by atoms with E-state index in [0.717, 1.165) is 0 Å². The van der Waals surface area contributed by atoms with E-state index >= 15 is 0 Å². The van der Waals surface area contributed by atoms with Crippen LogP contribution in [0.4, 0.5) is 0 Å². The molecule has 7 heteroatoms. The van der Waals surface area contributed by atoms with Crippen molar-refractivity contribution in [2.24, 2.45) is 0 Å². The number of hydrogen-bond acceptors (Lipinski definition) is 4. The number of aromatic nitrogens is 2. The molecule has 0 radical (unpaired) electrons. The number of hydrogen-bond donors (Lipinski definition) is 2. The van der Waals surface area contributed by atoms with Crippen molar-refractivity contribution in [2.75, 3.05) is 6.61 Å². The van der Waals surface area contributed by atoms with Gasteiger partial charge in [-0.3, -0.25) is 4.79 Å². The molecule has 0 aliphatic heterocycles. The van der Waals surface area contributed by atoms with Crippen molar-refractivity contribution < 1.29 is 14.3 Å². The van der Waals surface area contributed by atoms with Crippen LogP contribution in [-0.2, 0) is 0 Å². The van der Waals surface area contributed by atoms with E-state index < -0.39 is 6.04 Å². The first-order valence-electron chi connectivity index (χ1n) is 7.36. The number of halogens is 1. The second-order valence-corrected chi connectivity index (χ2v) is 5.64. The van der Waals surface area contributed by atoms with Gasteiger partial charge >= 0.3 is 0 Å². The van der Waals surface area contributed by atoms with Crippen molar-refractivity contribution in [2.45, 2.75) is 13.0 Å². The number of rotatable bonds is 5. The van der Waals surface area contributed by atoms with Crippen LogP contribution >= 0.6 is 11.6 Å². The van der Waals surface area contributed by atoms with Crippen molar-refractivity contribution in [3.05, 3.63) is 70.9 Å². The number of benzene rings is 1. The minimum atomic E-state index is -0.615. The summed E-state index contributed by atoms with van der Waals surface area (Å²) >= 11 is 6.19. The standard InChI is InChI=1S/C17H16ClN3O3/c1-11-12(9-19-21(11)15-6-3-2-5-13(15)18)17(23)20-14(10-22)16-7-4-8-24-16/h2-9,14,22H,10H2,1H3,(H,20,23). The Bertz CT molecular complexity index is 843. The average molecular weight is 346 g/mol. The van der Waals surface area contributed by atoms with Crippen LogP contribution < -0.4 is 5.32 Å². The zero-order valence-corrected chi connectivity index (χ0v) is 13.7. The van der Waals surface area contributed by atoms with E-state index in [9.17, 15) is 9.90 Å². The summed E-state index contributed by atoms with van der Waals surface area (Å²) in [6, 6.07) is 10.0. The smallest absolute Gasteiger partial charge is 0.255 e. The molecule has 1 atom stereocenters. The zero-order chi connectivity index (χ0) is 17.1. The van der Waals surface area contributed by atoms with Crippen LogP contribution in [0.1, 0.15) is 27.9 Å². The summed E-state index contributed by atoms with van der Waals surface area (Å²) in [6.45, 7) is 1.52. The third kappa shape index (κ3) is 3.06. The molecule has 3 rings (SSSR count). The molecule has 6 nitrogen and oxygen atoms in total. The number of nitrogens with one attached hydrogen (secondary N) is 1. The maximum absolute atomic E-state index is 12.5. The number of carbonyl (C=O) groups is 1. The highest BCUT2D eigenvalue weighted by molar-refractivity contribution is 6.32. The maximum Gasteiger partial charge on any atom is 0.255 e. The van der Waals surface area contributed by atoms with Gasteiger partial charge in [-0.25, -0.2) is 4.68 Å². The average Bonchev–Trinajstić information content (AvgIpc) is 3.23. The molecule has 0 saturated heterocycles. The molecule has 24 heavy (non-hydrogen) atoms. The van der Waals surface area contributed by atoms with Crippen LogP contribution in [0.2, 0.25) is 5.02 Å². The van der Waals surface area contributed by atoms with Gasteiger partial charge in [-0.05, 0) is 31.2 Å². The molecular formula is C17H16ClN3O3. The first-order chi connectivity index (χ1) is 11.6. The summed E-state index contributed by atoms with van der Waals surface area (Å²) in [5.41, 5.74) is 1.75. The highest BCUT2D eigenvalue weighted by Gasteiger charge is 2.21. The van der Waals surface area contributed by atoms with Gasteiger partial charge in [-0.2, -0.15) is 5.10 Å². The van der Waals surface area contributed by atoms with Gasteiger partial charge in [0.15, 0.2) is 0 Å². The molecule has 0 saturated carbocycles. The van der Waals surface area contributed by atoms with Crippen LogP contribution in [0.5, 0.6) is 0 Å². The van der Waals surface area contributed by atoms with Crippen LogP contribution in [0, 0.1) is 6.92 Å². The Morgan fingerprint density at radius 2 is 2.17 bits per heavy atom. The maximum atomic E-state index is 12.5. The molecule has 0 aliphatic carbocycles. The van der Waals surface area contributed by atoms with Crippen LogP contribution in [-0.4, -0.2) is 27.4 Å². The van der Waals surface area contributed by atoms with Crippen LogP contribution in [0.15, 0.2) is 53.3 Å². The molecule has 0 aliphatic rings. The van der Waals surface area contributed by atoms with Crippen LogP contribution in [0.25, 0.3) is 5.69 Å². The topological polar surface area (TPSA) is 80.3 Å². The Kier molecular flexibility index (Phi) is 4.69. The summed E-state index contributed by atoms with van der Waals surface area (Å²) in [4.78, 5) is 12.5. The monoisotopic (exact) mass is 345 g/mol. The Balaban J connectivity index is 1.85. The fraction of sp³-hybridized carbons (Fsp3) is 0.176. The fourth-order valence-corrected chi connectivity index (χ4v) is 2.65. The quantitative estimate of drug-likeness (QED) is 0.745. The lowest BCUT2D eigenvalue weighted by Crippen LogP contribution is -2.30. The van der Waals surface area contributed by atoms with E-state index in [-0.39, 0.29) is 12.5 Å². The molecule has 2 aromatic heterocycles. The van der Waals surface area contributed by atoms with Gasteiger partial charge in [0.25, 0.3) is 5.91 Å². The minimum Gasteiger partial charge on any atom is -0.467 e. The van der Waals surface area contributed by atoms with Crippen molar-refractivity contribution >= 4 is 17.5 Å². The van der Waals surface area contributed by atoms with Gasteiger partial charge in [0.1, 0.15) is 11.8 Å². The number of furan rings is 1. The summed E-state index contributed by atoms with van der Waals surface area (Å²) in [6.07, 6.45) is 2.97. The Labute approximate surface area is 143 Å². The number of carbonyl (C=O) groups excluding carboxylic acids is 1. The molecule has 0 spiro atoms. The van der Waals surface area contributed by atoms with Gasteiger partial charge in [0.05, 0.1) is 41.0 Å². The number of aliphatic hydroxyl groups excluding tert-OH is 1. The molecule has 2 heterocycles. The first-order valence-corrected chi connectivity index (χ1v) is 7.74. The predicted octanol–water partition coefficient (Wildman–Crippen LogP) is 2.89. The van der Waals surface area contributed by atoms with E-state index in [1.54, 1.807) is 29.8 Å². The van der Waals surface area contributed by atoms with Crippen molar-refractivity contribution in [3.8, 4) is 5.69 Å². The number of aliphatic hydroxyl groups is 1. The lowest BCUT2D eigenvalue weighted by Gasteiger charge is -2.14. The minimum absolute atomic E-state index is 0.267. The van der Waals surface area contributed by atoms with Crippen molar-refractivity contribution in [1.29, 1.82) is 0 Å². The molecule has 124 valence electrons. The van der Waals surface area contributed by atoms with Crippen molar-refractivity contribution in [1.82, 2.24) is 15.1 Å². The molecule has 0 bridgehead atoms. The number of nitrogens with zero attached hydrogens (tertiary/aromatic N) is 2. The highest BCUT2D eigenvalue weighted by Crippen LogP contribution is 2.22. The van der Waals surface area contributed by atoms with Gasteiger partial charge < -0.3 is 14.8 Å². The molecular weight excluding hydrogens is 330 g/mol. The Hall–Kier alpha value is -2.57. The second-order valence-electron chi connectivity index (χ2n) is 5.23. The van der Waals surface area contributed by atoms with Gasteiger partial charge in [0, 0.05) is 0 Å². The fourth-order valence-electron chi connectivity index (χ4n) is 2.43. The summed E-state index contributed by atoms with van der Waals surface area (Å²) in [5.74, 6) is 0.142. The molecule has 3 aromatic rings. The van der Waals surface area contributed by atoms with E-state index in [1.807, 2.05) is 18.2 Å². The largest absolute Gasteiger partial charge is 0.467 e. The molecule has 1 unspecified atom stereocenters. The lowest BCUT2D eigenvalue weighted by atomic mass is 10.2. The van der Waals surface area contributed by atoms with Crippen LogP contribution in [0.3, 0.4) is 0 Å². The van der Waals surface area contributed by atoms with E-state index in [2.05, 4.69) is 10.4 Å². The highest BCUT2D eigenvalue weighted by atomic mass is 35.5. The van der Waals surface area contributed by atoms with Gasteiger partial charge in [-0.1, -0.05) is 23.7 Å². The Morgan fingerprint density at radius 3 is 2.83 bits per heavy atom. The zero-order valence-electron chi connectivity index (χ0n) is 12.9. The molecule has 2 N–H and O–H groups in total. The van der Waals surface area contributed by atoms with E-state index in [0.29, 0.717) is 27.7 Å². The second kappa shape index (κ2) is 6.90. The lowest BCUT2D eigenvalue weighted by molar-refractivity contribution is 0.0906. The van der Waals surface area contributed by atoms with Gasteiger partial charge in [-0.15, -0.1) is 0 Å². The van der Waals surface area contributed by atoms with E-state index in [4.69, 9.17) is 16.0 Å². The third-order valence-corrected chi connectivity index (χ3v) is 4.03. The summed E-state index contributed by atoms with van der Waals surface area (Å²) in [5, 5.41) is 17.0. The van der Waals surface area contributed by atoms with Crippen molar-refractivity contribution in [3.63, 3.8) is 0 Å². The summed E-state index contributed by atoms with van der Waals surface area (Å²) < 4.78 is 6.84. The van der Waals surface area contributed by atoms with E-state index in [1.165, 1.54) is 12.5 Å². The molecule has 0 fully saturated rings. The molecule has 1 amide bonds. The Morgan fingerprint density at radius 1 is 1.38 bits per heavy atom. The SMILES string of the molecule is Cc1c(C(=O)NC(CO)c2ccco2)cnn1-c1ccccc1Cl. The molecule has 1 aromatic carbocycles. The van der Waals surface area contributed by atoms with Gasteiger partial charge in [0.2, 0.25) is 0 Å². The summed E-state index contributed by atoms with van der Waals surface area (Å²) in [7, 11) is 0. The number of para-hydroxylation sites is 1.